The van der Waals surface area contributed by atoms with Gasteiger partial charge in [-0.15, -0.1) is 0 Å². The van der Waals surface area contributed by atoms with Crippen molar-refractivity contribution in [1.82, 2.24) is 15.5 Å². The van der Waals surface area contributed by atoms with E-state index in [0.717, 1.165) is 30.8 Å². The topological polar surface area (TPSA) is 104 Å². The van der Waals surface area contributed by atoms with Crippen molar-refractivity contribution in [3.05, 3.63) is 113 Å². The van der Waals surface area contributed by atoms with Gasteiger partial charge in [0, 0.05) is 47.6 Å². The Kier molecular flexibility index (Phi) is 7.96. The fraction of sp³-hybridized carbons (Fsp3) is 0.206. The van der Waals surface area contributed by atoms with Crippen LogP contribution in [-0.4, -0.2) is 48.8 Å². The first kappa shape index (κ1) is 27.2. The Hall–Kier alpha value is -4.95. The van der Waals surface area contributed by atoms with Crippen molar-refractivity contribution in [2.75, 3.05) is 31.5 Å². The van der Waals surface area contributed by atoms with E-state index >= 15 is 0 Å². The summed E-state index contributed by atoms with van der Waals surface area (Å²) in [6.45, 7) is 4.08. The highest BCUT2D eigenvalue weighted by atomic mass is 16.3. The molecule has 0 radical (unpaired) electrons. The number of rotatable bonds is 9. The maximum atomic E-state index is 12.8. The maximum Gasteiger partial charge on any atom is 0.256 e. The molecule has 3 heterocycles. The van der Waals surface area contributed by atoms with Gasteiger partial charge in [0.15, 0.2) is 0 Å². The highest BCUT2D eigenvalue weighted by Gasteiger charge is 2.26. The van der Waals surface area contributed by atoms with Gasteiger partial charge < -0.3 is 25.3 Å². The largest absolute Gasteiger partial charge is 0.457 e. The second-order valence-electron chi connectivity index (χ2n) is 10.5. The molecule has 3 N–H and O–H groups in total. The summed E-state index contributed by atoms with van der Waals surface area (Å²) >= 11 is 0. The monoisotopic (exact) mass is 560 g/mol. The average molecular weight is 561 g/mol. The lowest BCUT2D eigenvalue weighted by Gasteiger charge is -2.14. The molecule has 1 fully saturated rings. The Labute approximate surface area is 244 Å². The van der Waals surface area contributed by atoms with Crippen LogP contribution in [0.25, 0.3) is 23.0 Å². The number of carbonyl (C=O) groups is 3. The van der Waals surface area contributed by atoms with Crippen LogP contribution >= 0.6 is 0 Å². The van der Waals surface area contributed by atoms with Gasteiger partial charge in [0.2, 0.25) is 0 Å². The minimum Gasteiger partial charge on any atom is -0.457 e. The van der Waals surface area contributed by atoms with E-state index in [2.05, 4.69) is 20.9 Å². The standard InChI is InChI=1S/C34H32N4O4/c39-32(35-15-18-38-16-4-5-17-38)25-10-6-9-24(19-25)31-14-12-27(42-31)21-29-28-20-26(11-13-30(28)37-34(29)41)33(40)36-22-23-7-2-1-3-8-23/h1-3,6-14,19-21H,4-5,15-18,22H2,(H,35,39)(H,36,40)(H,37,41)/b29-21+. The molecule has 0 unspecified atom stereocenters. The number of anilines is 1. The summed E-state index contributed by atoms with van der Waals surface area (Å²) in [5, 5.41) is 8.79. The lowest BCUT2D eigenvalue weighted by atomic mass is 10.0. The highest BCUT2D eigenvalue weighted by Crippen LogP contribution is 2.35. The summed E-state index contributed by atoms with van der Waals surface area (Å²) in [6, 6.07) is 25.7. The molecule has 0 saturated carbocycles. The van der Waals surface area contributed by atoms with Crippen molar-refractivity contribution in [3.8, 4) is 11.3 Å². The summed E-state index contributed by atoms with van der Waals surface area (Å²) in [4.78, 5) is 40.8. The molecule has 4 aromatic rings. The van der Waals surface area contributed by atoms with Crippen LogP contribution < -0.4 is 16.0 Å². The van der Waals surface area contributed by atoms with E-state index in [9.17, 15) is 14.4 Å². The third-order valence-electron chi connectivity index (χ3n) is 7.60. The van der Waals surface area contributed by atoms with E-state index in [1.54, 1.807) is 42.5 Å². The first-order chi connectivity index (χ1) is 20.5. The number of carbonyl (C=O) groups excluding carboxylic acids is 3. The molecule has 0 atom stereocenters. The number of nitrogens with zero attached hydrogens (tertiary/aromatic N) is 1. The van der Waals surface area contributed by atoms with Gasteiger partial charge >= 0.3 is 0 Å². The van der Waals surface area contributed by atoms with Crippen LogP contribution in [0.5, 0.6) is 0 Å². The lowest BCUT2D eigenvalue weighted by molar-refractivity contribution is -0.110. The molecular weight excluding hydrogens is 528 g/mol. The van der Waals surface area contributed by atoms with Crippen LogP contribution in [0.2, 0.25) is 0 Å². The number of benzene rings is 3. The first-order valence-electron chi connectivity index (χ1n) is 14.2. The molecule has 2 aliphatic rings. The van der Waals surface area contributed by atoms with Gasteiger partial charge in [0.25, 0.3) is 17.7 Å². The molecular formula is C34H32N4O4. The second-order valence-corrected chi connectivity index (χ2v) is 10.5. The van der Waals surface area contributed by atoms with E-state index < -0.39 is 0 Å². The smallest absolute Gasteiger partial charge is 0.256 e. The number of hydrogen-bond acceptors (Lipinski definition) is 5. The van der Waals surface area contributed by atoms with Gasteiger partial charge in [-0.05, 0) is 80.0 Å². The van der Waals surface area contributed by atoms with Crippen LogP contribution in [0.15, 0.2) is 89.3 Å². The van der Waals surface area contributed by atoms with E-state index in [0.29, 0.717) is 52.6 Å². The van der Waals surface area contributed by atoms with Crippen molar-refractivity contribution >= 4 is 35.1 Å². The molecule has 212 valence electrons. The van der Waals surface area contributed by atoms with Crippen LogP contribution in [0.4, 0.5) is 5.69 Å². The quantitative estimate of drug-likeness (QED) is 0.244. The third kappa shape index (κ3) is 6.19. The molecule has 2 aliphatic heterocycles. The van der Waals surface area contributed by atoms with Crippen LogP contribution in [0.1, 0.15) is 50.4 Å². The van der Waals surface area contributed by atoms with Crippen molar-refractivity contribution < 1.29 is 18.8 Å². The van der Waals surface area contributed by atoms with Crippen LogP contribution in [0, 0.1) is 0 Å². The number of furan rings is 1. The minimum atomic E-state index is -0.266. The first-order valence-corrected chi connectivity index (χ1v) is 14.2. The number of hydrogen-bond donors (Lipinski definition) is 3. The summed E-state index contributed by atoms with van der Waals surface area (Å²) in [5.74, 6) is 0.467. The second kappa shape index (κ2) is 12.3. The molecule has 3 aromatic carbocycles. The predicted octanol–water partition coefficient (Wildman–Crippen LogP) is 5.19. The lowest BCUT2D eigenvalue weighted by Crippen LogP contribution is -2.33. The highest BCUT2D eigenvalue weighted by molar-refractivity contribution is 6.35. The zero-order valence-corrected chi connectivity index (χ0v) is 23.2. The fourth-order valence-electron chi connectivity index (χ4n) is 5.33. The molecule has 6 rings (SSSR count). The van der Waals surface area contributed by atoms with Crippen LogP contribution in [0.3, 0.4) is 0 Å². The van der Waals surface area contributed by atoms with Gasteiger partial charge in [-0.1, -0.05) is 42.5 Å². The number of amides is 3. The summed E-state index contributed by atoms with van der Waals surface area (Å²) in [5.41, 5.74) is 4.48. The molecule has 3 amide bonds. The molecule has 0 spiro atoms. The van der Waals surface area contributed by atoms with E-state index in [1.807, 2.05) is 48.5 Å². The molecule has 1 saturated heterocycles. The predicted molar refractivity (Wildman–Crippen MR) is 163 cm³/mol. The molecule has 8 nitrogen and oxygen atoms in total. The van der Waals surface area contributed by atoms with Gasteiger partial charge in [0.1, 0.15) is 11.5 Å². The zero-order valence-electron chi connectivity index (χ0n) is 23.2. The molecule has 42 heavy (non-hydrogen) atoms. The van der Waals surface area contributed by atoms with Gasteiger partial charge in [-0.3, -0.25) is 14.4 Å². The van der Waals surface area contributed by atoms with E-state index in [4.69, 9.17) is 4.42 Å². The summed E-state index contributed by atoms with van der Waals surface area (Å²) in [6.07, 6.45) is 4.12. The van der Waals surface area contributed by atoms with Gasteiger partial charge in [-0.2, -0.15) is 0 Å². The van der Waals surface area contributed by atoms with Crippen molar-refractivity contribution in [2.45, 2.75) is 19.4 Å². The minimum absolute atomic E-state index is 0.118. The number of nitrogens with one attached hydrogen (secondary N) is 3. The maximum absolute atomic E-state index is 12.8. The van der Waals surface area contributed by atoms with Crippen molar-refractivity contribution in [1.29, 1.82) is 0 Å². The Morgan fingerprint density at radius 2 is 1.64 bits per heavy atom. The summed E-state index contributed by atoms with van der Waals surface area (Å²) in [7, 11) is 0. The Morgan fingerprint density at radius 3 is 2.48 bits per heavy atom. The van der Waals surface area contributed by atoms with Gasteiger partial charge in [0.05, 0.1) is 5.57 Å². The van der Waals surface area contributed by atoms with E-state index in [1.165, 1.54) is 12.8 Å². The number of likely N-dealkylation sites (tertiary alicyclic amines) is 1. The molecule has 0 aliphatic carbocycles. The Bertz CT molecular complexity index is 1650. The fourth-order valence-corrected chi connectivity index (χ4v) is 5.33. The van der Waals surface area contributed by atoms with Crippen molar-refractivity contribution in [2.24, 2.45) is 0 Å². The van der Waals surface area contributed by atoms with Crippen molar-refractivity contribution in [3.63, 3.8) is 0 Å². The average Bonchev–Trinajstić information content (AvgIpc) is 3.78. The third-order valence-corrected chi connectivity index (χ3v) is 7.60. The molecule has 1 aromatic heterocycles. The molecule has 8 heteroatoms. The normalized spacial score (nSPS) is 15.4. The van der Waals surface area contributed by atoms with Gasteiger partial charge in [-0.25, -0.2) is 0 Å². The summed E-state index contributed by atoms with van der Waals surface area (Å²) < 4.78 is 6.07. The van der Waals surface area contributed by atoms with E-state index in [-0.39, 0.29) is 17.7 Å². The number of fused-ring (bicyclic) bond motifs is 1. The van der Waals surface area contributed by atoms with Crippen LogP contribution in [-0.2, 0) is 11.3 Å². The Morgan fingerprint density at radius 1 is 0.857 bits per heavy atom. The Balaban J connectivity index is 1.15. The SMILES string of the molecule is O=C1Nc2ccc(C(=O)NCc3ccccc3)cc2/C1=C\c1ccc(-c2cccc(C(=O)NCCN3CCCC3)c2)o1. The zero-order chi connectivity index (χ0) is 28.9. The molecule has 0 bridgehead atoms.